The van der Waals surface area contributed by atoms with Gasteiger partial charge in [0.1, 0.15) is 0 Å². The summed E-state index contributed by atoms with van der Waals surface area (Å²) in [6.07, 6.45) is 5.11. The summed E-state index contributed by atoms with van der Waals surface area (Å²) in [5.41, 5.74) is 3.25. The highest BCUT2D eigenvalue weighted by molar-refractivity contribution is 5.63. The molecule has 3 heteroatoms. The number of isocyanates is 1. The Morgan fingerprint density at radius 2 is 1.65 bits per heavy atom. The summed E-state index contributed by atoms with van der Waals surface area (Å²) < 4.78 is 0. The van der Waals surface area contributed by atoms with Crippen LogP contribution in [0.3, 0.4) is 0 Å². The fourth-order valence-electron chi connectivity index (χ4n) is 1.65. The van der Waals surface area contributed by atoms with Gasteiger partial charge in [0.15, 0.2) is 0 Å². The van der Waals surface area contributed by atoms with Gasteiger partial charge < -0.3 is 0 Å². The Kier molecular flexibility index (Phi) is 3.43. The first-order valence-corrected chi connectivity index (χ1v) is 5.38. The number of carbonyl (C=O) groups excluding carboxylic acids is 1. The molecule has 1 aromatic heterocycles. The van der Waals surface area contributed by atoms with Crippen LogP contribution < -0.4 is 0 Å². The highest BCUT2D eigenvalue weighted by Gasteiger charge is 2.03. The Labute approximate surface area is 99.9 Å². The number of aliphatic imine (C=N–C) groups is 1. The Hall–Kier alpha value is -2.25. The van der Waals surface area contributed by atoms with E-state index in [0.717, 1.165) is 16.7 Å². The number of hydrogen-bond donors (Lipinski definition) is 0. The molecule has 84 valence electrons. The van der Waals surface area contributed by atoms with Gasteiger partial charge in [-0.15, -0.1) is 0 Å². The van der Waals surface area contributed by atoms with E-state index < -0.39 is 0 Å². The van der Waals surface area contributed by atoms with Gasteiger partial charge >= 0.3 is 0 Å². The van der Waals surface area contributed by atoms with Crippen molar-refractivity contribution in [2.75, 3.05) is 0 Å². The molecule has 0 amide bonds. The minimum Gasteiger partial charge on any atom is -0.265 e. The molecule has 0 aliphatic heterocycles. The van der Waals surface area contributed by atoms with Crippen molar-refractivity contribution in [3.63, 3.8) is 0 Å². The van der Waals surface area contributed by atoms with E-state index in [2.05, 4.69) is 9.98 Å². The smallest absolute Gasteiger partial charge is 0.235 e. The second-order valence-corrected chi connectivity index (χ2v) is 3.75. The second kappa shape index (κ2) is 5.19. The summed E-state index contributed by atoms with van der Waals surface area (Å²) in [6, 6.07) is 11.8. The first kappa shape index (κ1) is 11.2. The fourth-order valence-corrected chi connectivity index (χ4v) is 1.65. The minimum atomic E-state index is -0.140. The van der Waals surface area contributed by atoms with Crippen LogP contribution in [0.5, 0.6) is 0 Å². The third-order valence-electron chi connectivity index (χ3n) is 2.65. The maximum atomic E-state index is 10.2. The van der Waals surface area contributed by atoms with E-state index in [9.17, 15) is 4.79 Å². The Bertz CT molecular complexity index is 528. The summed E-state index contributed by atoms with van der Waals surface area (Å²) in [5, 5.41) is 0. The topological polar surface area (TPSA) is 42.3 Å². The predicted molar refractivity (Wildman–Crippen MR) is 66.2 cm³/mol. The van der Waals surface area contributed by atoms with Crippen LogP contribution in [0, 0.1) is 0 Å². The summed E-state index contributed by atoms with van der Waals surface area (Å²) in [4.78, 5) is 17.8. The highest BCUT2D eigenvalue weighted by Crippen LogP contribution is 2.22. The number of pyridine rings is 1. The van der Waals surface area contributed by atoms with Crippen LogP contribution in [0.25, 0.3) is 11.1 Å². The average Bonchev–Trinajstić information content (AvgIpc) is 2.40. The molecule has 1 unspecified atom stereocenters. The van der Waals surface area contributed by atoms with E-state index in [1.54, 1.807) is 18.5 Å². The molecule has 0 fully saturated rings. The van der Waals surface area contributed by atoms with Crippen molar-refractivity contribution in [2.45, 2.75) is 13.0 Å². The average molecular weight is 224 g/mol. The number of hydrogen-bond acceptors (Lipinski definition) is 3. The van der Waals surface area contributed by atoms with Crippen LogP contribution in [0.15, 0.2) is 53.8 Å². The molecule has 1 heterocycles. The zero-order valence-electron chi connectivity index (χ0n) is 9.50. The van der Waals surface area contributed by atoms with Gasteiger partial charge in [-0.05, 0) is 35.7 Å². The molecule has 0 spiro atoms. The van der Waals surface area contributed by atoms with Gasteiger partial charge in [0, 0.05) is 12.4 Å². The van der Waals surface area contributed by atoms with Crippen molar-refractivity contribution in [1.29, 1.82) is 0 Å². The van der Waals surface area contributed by atoms with E-state index in [-0.39, 0.29) is 6.04 Å². The van der Waals surface area contributed by atoms with Gasteiger partial charge in [0.2, 0.25) is 6.08 Å². The SMILES string of the molecule is CC(N=C=O)c1ccc(-c2ccncc2)cc1. The van der Waals surface area contributed by atoms with Crippen LogP contribution in [0.1, 0.15) is 18.5 Å². The molecule has 0 radical (unpaired) electrons. The molecule has 0 aliphatic carbocycles. The van der Waals surface area contributed by atoms with Gasteiger partial charge in [-0.25, -0.2) is 4.79 Å². The van der Waals surface area contributed by atoms with E-state index in [1.807, 2.05) is 43.3 Å². The Balaban J connectivity index is 2.27. The van der Waals surface area contributed by atoms with Gasteiger partial charge in [0.25, 0.3) is 0 Å². The van der Waals surface area contributed by atoms with E-state index >= 15 is 0 Å². The lowest BCUT2D eigenvalue weighted by Crippen LogP contribution is -1.89. The number of benzene rings is 1. The van der Waals surface area contributed by atoms with Crippen molar-refractivity contribution in [1.82, 2.24) is 4.98 Å². The van der Waals surface area contributed by atoms with Crippen LogP contribution >= 0.6 is 0 Å². The Morgan fingerprint density at radius 3 is 2.24 bits per heavy atom. The maximum absolute atomic E-state index is 10.2. The van der Waals surface area contributed by atoms with Crippen molar-refractivity contribution in [2.24, 2.45) is 4.99 Å². The van der Waals surface area contributed by atoms with Gasteiger partial charge in [-0.1, -0.05) is 24.3 Å². The molecule has 1 atom stereocenters. The number of aromatic nitrogens is 1. The van der Waals surface area contributed by atoms with Gasteiger partial charge in [-0.2, -0.15) is 4.99 Å². The van der Waals surface area contributed by atoms with E-state index in [4.69, 9.17) is 0 Å². The molecule has 0 N–H and O–H groups in total. The second-order valence-electron chi connectivity index (χ2n) is 3.75. The molecule has 2 rings (SSSR count). The lowest BCUT2D eigenvalue weighted by Gasteiger charge is -2.06. The lowest BCUT2D eigenvalue weighted by molar-refractivity contribution is 0.559. The van der Waals surface area contributed by atoms with Gasteiger partial charge in [-0.3, -0.25) is 4.98 Å². The molecule has 3 nitrogen and oxygen atoms in total. The molecule has 0 saturated carbocycles. The molecule has 0 bridgehead atoms. The minimum absolute atomic E-state index is 0.140. The number of nitrogens with zero attached hydrogens (tertiary/aromatic N) is 2. The van der Waals surface area contributed by atoms with Crippen molar-refractivity contribution in [3.8, 4) is 11.1 Å². The third-order valence-corrected chi connectivity index (χ3v) is 2.65. The highest BCUT2D eigenvalue weighted by atomic mass is 16.1. The van der Waals surface area contributed by atoms with E-state index in [0.29, 0.717) is 0 Å². The van der Waals surface area contributed by atoms with Crippen molar-refractivity contribution < 1.29 is 4.79 Å². The molecular formula is C14H12N2O. The van der Waals surface area contributed by atoms with Crippen LogP contribution in [-0.4, -0.2) is 11.1 Å². The molecule has 1 aromatic carbocycles. The van der Waals surface area contributed by atoms with Gasteiger partial charge in [0.05, 0.1) is 6.04 Å². The zero-order chi connectivity index (χ0) is 12.1. The summed E-state index contributed by atoms with van der Waals surface area (Å²) >= 11 is 0. The molecule has 0 aliphatic rings. The third kappa shape index (κ3) is 2.65. The maximum Gasteiger partial charge on any atom is 0.235 e. The Morgan fingerprint density at radius 1 is 1.06 bits per heavy atom. The normalized spacial score (nSPS) is 11.6. The summed E-state index contributed by atoms with van der Waals surface area (Å²) in [5.74, 6) is 0. The number of rotatable bonds is 3. The molecular weight excluding hydrogens is 212 g/mol. The zero-order valence-corrected chi connectivity index (χ0v) is 9.50. The van der Waals surface area contributed by atoms with Crippen molar-refractivity contribution in [3.05, 3.63) is 54.4 Å². The van der Waals surface area contributed by atoms with E-state index in [1.165, 1.54) is 0 Å². The molecule has 0 saturated heterocycles. The summed E-state index contributed by atoms with van der Waals surface area (Å²) in [7, 11) is 0. The first-order chi connectivity index (χ1) is 8.31. The largest absolute Gasteiger partial charge is 0.265 e. The van der Waals surface area contributed by atoms with Crippen LogP contribution in [0.2, 0.25) is 0 Å². The quantitative estimate of drug-likeness (QED) is 0.593. The van der Waals surface area contributed by atoms with Crippen LogP contribution in [-0.2, 0) is 4.79 Å². The standard InChI is InChI=1S/C14H12N2O/c1-11(16-10-17)12-2-4-13(5-3-12)14-6-8-15-9-7-14/h2-9,11H,1H3. The van der Waals surface area contributed by atoms with Crippen LogP contribution in [0.4, 0.5) is 0 Å². The molecule has 17 heavy (non-hydrogen) atoms. The monoisotopic (exact) mass is 224 g/mol. The molecule has 2 aromatic rings. The predicted octanol–water partition coefficient (Wildman–Crippen LogP) is 3.15. The fraction of sp³-hybridized carbons (Fsp3) is 0.143. The summed E-state index contributed by atoms with van der Waals surface area (Å²) in [6.45, 7) is 1.87. The lowest BCUT2D eigenvalue weighted by atomic mass is 10.0. The van der Waals surface area contributed by atoms with Crippen molar-refractivity contribution >= 4 is 6.08 Å². The first-order valence-electron chi connectivity index (χ1n) is 5.38.